The number of thioether (sulfide) groups is 1. The third-order valence-corrected chi connectivity index (χ3v) is 4.68. The Kier molecular flexibility index (Phi) is 4.17. The van der Waals surface area contributed by atoms with Gasteiger partial charge in [0.2, 0.25) is 0 Å². The predicted molar refractivity (Wildman–Crippen MR) is 74.6 cm³/mol. The zero-order chi connectivity index (χ0) is 14.8. The van der Waals surface area contributed by atoms with Crippen LogP contribution < -0.4 is 5.73 Å². The van der Waals surface area contributed by atoms with E-state index in [0.717, 1.165) is 12.8 Å². The van der Waals surface area contributed by atoms with E-state index in [1.807, 2.05) is 0 Å². The first-order valence-corrected chi connectivity index (χ1v) is 7.13. The number of methoxy groups -OCH3 is 1. The van der Waals surface area contributed by atoms with Crippen molar-refractivity contribution < 1.29 is 19.4 Å². The highest BCUT2D eigenvalue weighted by Gasteiger charge is 2.44. The molecule has 0 amide bonds. The Morgan fingerprint density at radius 3 is 2.80 bits per heavy atom. The Bertz CT molecular complexity index is 543. The number of aromatic carboxylic acids is 1. The van der Waals surface area contributed by atoms with Gasteiger partial charge in [-0.25, -0.2) is 9.78 Å². The quantitative estimate of drug-likeness (QED) is 0.609. The van der Waals surface area contributed by atoms with E-state index in [0.29, 0.717) is 22.9 Å². The number of nitrogens with zero attached hydrogens (tertiary/aromatic N) is 1. The number of hydrogen-bond donors (Lipinski definition) is 2. The molecule has 0 aromatic carbocycles. The molecule has 1 fully saturated rings. The van der Waals surface area contributed by atoms with Crippen LogP contribution in [0.15, 0.2) is 17.3 Å². The van der Waals surface area contributed by atoms with Crippen LogP contribution in [0.3, 0.4) is 0 Å². The Morgan fingerprint density at radius 2 is 2.25 bits per heavy atom. The van der Waals surface area contributed by atoms with E-state index < -0.39 is 5.97 Å². The van der Waals surface area contributed by atoms with Gasteiger partial charge in [0.25, 0.3) is 0 Å². The van der Waals surface area contributed by atoms with E-state index in [1.165, 1.54) is 31.1 Å². The van der Waals surface area contributed by atoms with Crippen molar-refractivity contribution in [3.05, 3.63) is 17.8 Å². The largest absolute Gasteiger partial charge is 0.478 e. The molecule has 3 N–H and O–H groups in total. The number of nitrogens with two attached hydrogens (primary N) is 1. The molecule has 1 aliphatic rings. The first-order chi connectivity index (χ1) is 9.46. The molecule has 2 rings (SSSR count). The summed E-state index contributed by atoms with van der Waals surface area (Å²) in [5.74, 6) is -0.629. The second-order valence-corrected chi connectivity index (χ2v) is 5.93. The minimum absolute atomic E-state index is 0.0728. The summed E-state index contributed by atoms with van der Waals surface area (Å²) >= 11 is 1.35. The van der Waals surface area contributed by atoms with Crippen molar-refractivity contribution in [1.29, 1.82) is 0 Å². The molecule has 1 aromatic heterocycles. The highest BCUT2D eigenvalue weighted by atomic mass is 32.2. The van der Waals surface area contributed by atoms with Crippen molar-refractivity contribution in [2.24, 2.45) is 5.41 Å². The highest BCUT2D eigenvalue weighted by molar-refractivity contribution is 7.99. The molecule has 0 bridgehead atoms. The minimum atomic E-state index is -1.05. The van der Waals surface area contributed by atoms with Crippen LogP contribution in [0.2, 0.25) is 0 Å². The number of nitrogen functional groups attached to an aromatic ring is 1. The van der Waals surface area contributed by atoms with E-state index >= 15 is 0 Å². The van der Waals surface area contributed by atoms with Crippen LogP contribution in [-0.2, 0) is 9.53 Å². The number of carbonyl (C=O) groups excluding carboxylic acids is 1. The number of pyridine rings is 1. The number of aromatic nitrogens is 1. The van der Waals surface area contributed by atoms with Gasteiger partial charge in [-0.05, 0) is 24.3 Å². The lowest BCUT2D eigenvalue weighted by molar-refractivity contribution is -0.141. The van der Waals surface area contributed by atoms with Crippen LogP contribution >= 0.6 is 11.8 Å². The standard InChI is InChI=1S/C13H16N2O4S/c1-19-10(16)5-13(2-3-13)7-20-11-9(12(17)18)4-8(14)6-15-11/h4,6H,2-3,5,7,14H2,1H3,(H,17,18). The van der Waals surface area contributed by atoms with Gasteiger partial charge in [0.05, 0.1) is 31.0 Å². The number of rotatable bonds is 6. The van der Waals surface area contributed by atoms with Crippen molar-refractivity contribution in [3.8, 4) is 0 Å². The molecule has 0 saturated heterocycles. The molecule has 7 heteroatoms. The lowest BCUT2D eigenvalue weighted by Crippen LogP contribution is -2.13. The van der Waals surface area contributed by atoms with E-state index in [2.05, 4.69) is 9.72 Å². The Balaban J connectivity index is 2.04. The van der Waals surface area contributed by atoms with E-state index in [-0.39, 0.29) is 16.9 Å². The molecule has 6 nitrogen and oxygen atoms in total. The fourth-order valence-electron chi connectivity index (χ4n) is 1.89. The van der Waals surface area contributed by atoms with Crippen molar-refractivity contribution in [2.45, 2.75) is 24.3 Å². The van der Waals surface area contributed by atoms with Gasteiger partial charge in [-0.3, -0.25) is 4.79 Å². The molecule has 20 heavy (non-hydrogen) atoms. The summed E-state index contributed by atoms with van der Waals surface area (Å²) in [6, 6.07) is 1.40. The van der Waals surface area contributed by atoms with E-state index in [9.17, 15) is 9.59 Å². The molecule has 0 unspecified atom stereocenters. The van der Waals surface area contributed by atoms with Crippen LogP contribution in [0.5, 0.6) is 0 Å². The maximum atomic E-state index is 11.3. The lowest BCUT2D eigenvalue weighted by Gasteiger charge is -2.13. The number of ether oxygens (including phenoxy) is 1. The van der Waals surface area contributed by atoms with Gasteiger partial charge in [-0.1, -0.05) is 0 Å². The number of carbonyl (C=O) groups is 2. The predicted octanol–water partition coefficient (Wildman–Crippen LogP) is 1.80. The fraction of sp³-hybridized carbons (Fsp3) is 0.462. The summed E-state index contributed by atoms with van der Waals surface area (Å²) in [7, 11) is 1.37. The summed E-state index contributed by atoms with van der Waals surface area (Å²) in [6.45, 7) is 0. The second kappa shape index (κ2) is 5.70. The smallest absolute Gasteiger partial charge is 0.338 e. The summed E-state index contributed by atoms with van der Waals surface area (Å²) in [5.41, 5.74) is 5.90. The van der Waals surface area contributed by atoms with Gasteiger partial charge in [-0.15, -0.1) is 11.8 Å². The van der Waals surface area contributed by atoms with Crippen LogP contribution in [0.25, 0.3) is 0 Å². The molecule has 108 valence electrons. The average molecular weight is 296 g/mol. The van der Waals surface area contributed by atoms with Gasteiger partial charge in [-0.2, -0.15) is 0 Å². The van der Waals surface area contributed by atoms with Crippen molar-refractivity contribution in [1.82, 2.24) is 4.98 Å². The Hall–Kier alpha value is -1.76. The first-order valence-electron chi connectivity index (χ1n) is 6.14. The average Bonchev–Trinajstić information content (AvgIpc) is 3.17. The monoisotopic (exact) mass is 296 g/mol. The van der Waals surface area contributed by atoms with Gasteiger partial charge in [0.15, 0.2) is 0 Å². The van der Waals surface area contributed by atoms with E-state index in [1.54, 1.807) is 0 Å². The number of hydrogen-bond acceptors (Lipinski definition) is 6. The normalized spacial score (nSPS) is 15.7. The van der Waals surface area contributed by atoms with Crippen LogP contribution in [-0.4, -0.2) is 34.9 Å². The minimum Gasteiger partial charge on any atom is -0.478 e. The molecule has 0 atom stereocenters. The Labute approximate surface area is 120 Å². The molecule has 1 aliphatic carbocycles. The third-order valence-electron chi connectivity index (χ3n) is 3.32. The number of esters is 1. The number of carboxylic acid groups (broad SMARTS) is 1. The molecule has 0 spiro atoms. The zero-order valence-electron chi connectivity index (χ0n) is 11.1. The SMILES string of the molecule is COC(=O)CC1(CSc2ncc(N)cc2C(=O)O)CC1. The molecule has 1 saturated carbocycles. The summed E-state index contributed by atoms with van der Waals surface area (Å²) < 4.78 is 4.68. The second-order valence-electron chi connectivity index (χ2n) is 4.97. The van der Waals surface area contributed by atoms with Gasteiger partial charge in [0.1, 0.15) is 5.03 Å². The molecular formula is C13H16N2O4S. The van der Waals surface area contributed by atoms with E-state index in [4.69, 9.17) is 10.8 Å². The molecule has 1 heterocycles. The number of anilines is 1. The van der Waals surface area contributed by atoms with Crippen molar-refractivity contribution in [3.63, 3.8) is 0 Å². The topological polar surface area (TPSA) is 103 Å². The van der Waals surface area contributed by atoms with Crippen molar-refractivity contribution >= 4 is 29.4 Å². The molecule has 0 aliphatic heterocycles. The lowest BCUT2D eigenvalue weighted by atomic mass is 10.1. The number of carboxylic acids is 1. The van der Waals surface area contributed by atoms with Gasteiger partial charge >= 0.3 is 11.9 Å². The van der Waals surface area contributed by atoms with Gasteiger partial charge in [0, 0.05) is 5.75 Å². The maximum absolute atomic E-state index is 11.3. The van der Waals surface area contributed by atoms with Gasteiger partial charge < -0.3 is 15.6 Å². The molecule has 1 aromatic rings. The summed E-state index contributed by atoms with van der Waals surface area (Å²) in [4.78, 5) is 26.6. The first kappa shape index (κ1) is 14.6. The third kappa shape index (κ3) is 3.41. The fourth-order valence-corrected chi connectivity index (χ4v) is 3.15. The Morgan fingerprint density at radius 1 is 1.55 bits per heavy atom. The highest BCUT2D eigenvalue weighted by Crippen LogP contribution is 2.52. The maximum Gasteiger partial charge on any atom is 0.338 e. The van der Waals surface area contributed by atoms with Crippen LogP contribution in [0.4, 0.5) is 5.69 Å². The van der Waals surface area contributed by atoms with Crippen LogP contribution in [0.1, 0.15) is 29.6 Å². The molecular weight excluding hydrogens is 280 g/mol. The summed E-state index contributed by atoms with van der Waals surface area (Å²) in [6.07, 6.45) is 3.71. The summed E-state index contributed by atoms with van der Waals surface area (Å²) in [5, 5.41) is 9.57. The molecule has 0 radical (unpaired) electrons. The zero-order valence-corrected chi connectivity index (χ0v) is 11.9. The van der Waals surface area contributed by atoms with Crippen LogP contribution in [0, 0.1) is 5.41 Å². The van der Waals surface area contributed by atoms with Crippen molar-refractivity contribution in [2.75, 3.05) is 18.6 Å².